The number of aromatic amines is 1. The number of benzene rings is 2. The number of pyridine rings is 1. The minimum atomic E-state index is -0.939. The van der Waals surface area contributed by atoms with Gasteiger partial charge in [0.25, 0.3) is 0 Å². The van der Waals surface area contributed by atoms with Crippen molar-refractivity contribution < 1.29 is 14.6 Å². The number of morpholine rings is 1. The van der Waals surface area contributed by atoms with E-state index in [-0.39, 0.29) is 11.3 Å². The molecule has 9 nitrogen and oxygen atoms in total. The molecule has 2 N–H and O–H groups in total. The minimum absolute atomic E-state index is 0.0436. The molecule has 5 rings (SSSR count). The van der Waals surface area contributed by atoms with Crippen molar-refractivity contribution in [3.05, 3.63) is 75.6 Å². The molecule has 0 unspecified atom stereocenters. The van der Waals surface area contributed by atoms with E-state index in [1.54, 1.807) is 28.9 Å². The van der Waals surface area contributed by atoms with Gasteiger partial charge < -0.3 is 19.7 Å². The zero-order valence-electron chi connectivity index (χ0n) is 19.7. The van der Waals surface area contributed by atoms with Gasteiger partial charge in [0, 0.05) is 30.1 Å². The van der Waals surface area contributed by atoms with Crippen LogP contribution in [0.5, 0.6) is 0 Å². The molecule has 0 saturated carbocycles. The molecule has 0 aliphatic carbocycles. The molecule has 180 valence electrons. The van der Waals surface area contributed by atoms with Gasteiger partial charge in [-0.05, 0) is 29.2 Å². The van der Waals surface area contributed by atoms with Crippen molar-refractivity contribution in [3.8, 4) is 11.3 Å². The molecule has 3 heterocycles. The molecule has 4 aromatic rings. The smallest absolute Gasteiger partial charge is 0.335 e. The molecule has 2 aromatic heterocycles. The summed E-state index contributed by atoms with van der Waals surface area (Å²) < 4.78 is 7.14. The fraction of sp³-hybridized carbons (Fsp3) is 0.308. The number of ether oxygens (including phenoxy) is 1. The van der Waals surface area contributed by atoms with Crippen LogP contribution in [0, 0.1) is 0 Å². The van der Waals surface area contributed by atoms with Crippen molar-refractivity contribution in [1.29, 1.82) is 0 Å². The van der Waals surface area contributed by atoms with E-state index < -0.39 is 5.97 Å². The number of carboxylic acid groups (broad SMARTS) is 1. The molecule has 0 atom stereocenters. The van der Waals surface area contributed by atoms with Gasteiger partial charge in [0.15, 0.2) is 5.43 Å². The predicted octanol–water partition coefficient (Wildman–Crippen LogP) is 3.49. The SMILES string of the molecule is CC(C)c1c(Cn2cc(-c3cccc4c(=O)cc(N5CCOCC5)[nH]c34)nn2)cccc1C(=O)O. The van der Waals surface area contributed by atoms with Crippen LogP contribution in [0.2, 0.25) is 0 Å². The van der Waals surface area contributed by atoms with Gasteiger partial charge in [-0.1, -0.05) is 43.3 Å². The molecule has 1 saturated heterocycles. The number of aromatic nitrogens is 4. The van der Waals surface area contributed by atoms with Crippen molar-refractivity contribution in [2.75, 3.05) is 31.2 Å². The zero-order chi connectivity index (χ0) is 24.5. The van der Waals surface area contributed by atoms with E-state index in [2.05, 4.69) is 20.2 Å². The number of aromatic carboxylic acids is 1. The molecular formula is C26H27N5O4. The summed E-state index contributed by atoms with van der Waals surface area (Å²) in [6, 6.07) is 12.5. The fourth-order valence-electron chi connectivity index (χ4n) is 4.74. The summed E-state index contributed by atoms with van der Waals surface area (Å²) in [4.78, 5) is 30.2. The average Bonchev–Trinajstić information content (AvgIpc) is 3.32. The summed E-state index contributed by atoms with van der Waals surface area (Å²) in [6.07, 6.45) is 1.83. The Hall–Kier alpha value is -3.98. The highest BCUT2D eigenvalue weighted by atomic mass is 16.5. The number of para-hydroxylation sites is 1. The lowest BCUT2D eigenvalue weighted by atomic mass is 9.92. The normalized spacial score (nSPS) is 14.1. The van der Waals surface area contributed by atoms with Gasteiger partial charge in [0.05, 0.1) is 37.0 Å². The second kappa shape index (κ2) is 9.34. The van der Waals surface area contributed by atoms with Crippen LogP contribution in [0.4, 0.5) is 5.82 Å². The summed E-state index contributed by atoms with van der Waals surface area (Å²) in [6.45, 7) is 7.03. The standard InChI is InChI=1S/C26H27N5O4/c1-16(2)24-17(5-3-8-20(24)26(33)34)14-31-15-21(28-29-31)18-6-4-7-19-22(32)13-23(27-25(18)19)30-9-11-35-12-10-30/h3-8,13,15-16H,9-12,14H2,1-2H3,(H,27,32)(H,33,34). The number of carbonyl (C=O) groups is 1. The first-order chi connectivity index (χ1) is 16.9. The maximum Gasteiger partial charge on any atom is 0.335 e. The maximum atomic E-state index is 12.9. The molecule has 0 spiro atoms. The number of anilines is 1. The van der Waals surface area contributed by atoms with E-state index in [0.717, 1.165) is 22.5 Å². The number of H-pyrrole nitrogens is 1. The third kappa shape index (κ3) is 4.42. The van der Waals surface area contributed by atoms with Crippen molar-refractivity contribution in [3.63, 3.8) is 0 Å². The highest BCUT2D eigenvalue weighted by Gasteiger charge is 2.19. The summed E-state index contributed by atoms with van der Waals surface area (Å²) in [5.74, 6) is -0.134. The van der Waals surface area contributed by atoms with Crippen molar-refractivity contribution in [2.45, 2.75) is 26.3 Å². The largest absolute Gasteiger partial charge is 0.478 e. The lowest BCUT2D eigenvalue weighted by Gasteiger charge is -2.28. The van der Waals surface area contributed by atoms with Crippen LogP contribution < -0.4 is 10.3 Å². The zero-order valence-corrected chi connectivity index (χ0v) is 19.7. The number of rotatable bonds is 6. The number of nitrogens with zero attached hydrogens (tertiary/aromatic N) is 4. The summed E-state index contributed by atoms with van der Waals surface area (Å²) in [5, 5.41) is 18.9. The molecule has 35 heavy (non-hydrogen) atoms. The van der Waals surface area contributed by atoms with E-state index in [4.69, 9.17) is 4.74 Å². The predicted molar refractivity (Wildman–Crippen MR) is 133 cm³/mol. The lowest BCUT2D eigenvalue weighted by Crippen LogP contribution is -2.37. The number of hydrogen-bond donors (Lipinski definition) is 2. The Morgan fingerprint density at radius 2 is 1.94 bits per heavy atom. The number of fused-ring (bicyclic) bond motifs is 1. The molecule has 1 fully saturated rings. The van der Waals surface area contributed by atoms with E-state index in [0.29, 0.717) is 55.0 Å². The van der Waals surface area contributed by atoms with Gasteiger partial charge in [0.2, 0.25) is 0 Å². The Morgan fingerprint density at radius 1 is 1.17 bits per heavy atom. The molecular weight excluding hydrogens is 446 g/mol. The first-order valence-electron chi connectivity index (χ1n) is 11.7. The van der Waals surface area contributed by atoms with Crippen LogP contribution >= 0.6 is 0 Å². The Kier molecular flexibility index (Phi) is 6.08. The molecule has 2 aromatic carbocycles. The Morgan fingerprint density at radius 3 is 2.69 bits per heavy atom. The molecule has 1 aliphatic heterocycles. The molecule has 1 aliphatic rings. The number of carboxylic acids is 1. The average molecular weight is 474 g/mol. The Balaban J connectivity index is 1.53. The fourth-order valence-corrected chi connectivity index (χ4v) is 4.74. The second-order valence-electron chi connectivity index (χ2n) is 8.99. The van der Waals surface area contributed by atoms with E-state index in [1.165, 1.54) is 0 Å². The van der Waals surface area contributed by atoms with Crippen molar-refractivity contribution >= 4 is 22.7 Å². The van der Waals surface area contributed by atoms with Crippen LogP contribution in [0.1, 0.15) is 41.3 Å². The molecule has 0 radical (unpaired) electrons. The number of nitrogens with one attached hydrogen (secondary N) is 1. The van der Waals surface area contributed by atoms with Gasteiger partial charge in [-0.3, -0.25) is 4.79 Å². The van der Waals surface area contributed by atoms with E-state index in [9.17, 15) is 14.7 Å². The summed E-state index contributed by atoms with van der Waals surface area (Å²) in [5.41, 5.74) is 4.06. The molecule has 0 bridgehead atoms. The van der Waals surface area contributed by atoms with Crippen LogP contribution in [0.3, 0.4) is 0 Å². The van der Waals surface area contributed by atoms with Crippen molar-refractivity contribution in [2.24, 2.45) is 0 Å². The quantitative estimate of drug-likeness (QED) is 0.441. The highest BCUT2D eigenvalue weighted by molar-refractivity contribution is 5.93. The van der Waals surface area contributed by atoms with Gasteiger partial charge >= 0.3 is 5.97 Å². The van der Waals surface area contributed by atoms with E-state index >= 15 is 0 Å². The Labute approximate surface area is 202 Å². The summed E-state index contributed by atoms with van der Waals surface area (Å²) in [7, 11) is 0. The lowest BCUT2D eigenvalue weighted by molar-refractivity contribution is 0.0695. The molecule has 0 amide bonds. The minimum Gasteiger partial charge on any atom is -0.478 e. The van der Waals surface area contributed by atoms with E-state index in [1.807, 2.05) is 38.2 Å². The number of hydrogen-bond acceptors (Lipinski definition) is 6. The van der Waals surface area contributed by atoms with Crippen LogP contribution in [-0.4, -0.2) is 57.4 Å². The third-order valence-corrected chi connectivity index (χ3v) is 6.35. The van der Waals surface area contributed by atoms with Crippen molar-refractivity contribution in [1.82, 2.24) is 20.0 Å². The van der Waals surface area contributed by atoms with Gasteiger partial charge in [0.1, 0.15) is 11.5 Å². The van der Waals surface area contributed by atoms with Crippen LogP contribution in [-0.2, 0) is 11.3 Å². The monoisotopic (exact) mass is 473 g/mol. The van der Waals surface area contributed by atoms with Gasteiger partial charge in [-0.25, -0.2) is 9.48 Å². The Bertz CT molecular complexity index is 1450. The maximum absolute atomic E-state index is 12.9. The van der Waals surface area contributed by atoms with Crippen LogP contribution in [0.15, 0.2) is 53.5 Å². The first kappa shape index (κ1) is 22.8. The van der Waals surface area contributed by atoms with Gasteiger partial charge in [-0.2, -0.15) is 0 Å². The van der Waals surface area contributed by atoms with Crippen LogP contribution in [0.25, 0.3) is 22.2 Å². The highest BCUT2D eigenvalue weighted by Crippen LogP contribution is 2.28. The van der Waals surface area contributed by atoms with Gasteiger partial charge in [-0.15, -0.1) is 5.10 Å². The second-order valence-corrected chi connectivity index (χ2v) is 8.99. The first-order valence-corrected chi connectivity index (χ1v) is 11.7. The summed E-state index contributed by atoms with van der Waals surface area (Å²) >= 11 is 0. The third-order valence-electron chi connectivity index (χ3n) is 6.35. The topological polar surface area (TPSA) is 113 Å². The molecule has 9 heteroatoms.